The molecule has 0 radical (unpaired) electrons. The molecular weight excluding hydrogens is 314 g/mol. The molecule has 4 rings (SSSR count). The van der Waals surface area contributed by atoms with Crippen LogP contribution in [0.15, 0.2) is 55.2 Å². The van der Waals surface area contributed by atoms with Crippen LogP contribution in [0.1, 0.15) is 30.1 Å². The van der Waals surface area contributed by atoms with Crippen molar-refractivity contribution in [2.75, 3.05) is 13.1 Å². The summed E-state index contributed by atoms with van der Waals surface area (Å²) in [5, 5.41) is 0. The molecule has 1 N–H and O–H groups in total. The molecular formula is C19H21N5O. The molecule has 25 heavy (non-hydrogen) atoms. The number of rotatable bonds is 5. The van der Waals surface area contributed by atoms with Crippen LogP contribution in [0.4, 0.5) is 0 Å². The molecule has 1 aromatic carbocycles. The van der Waals surface area contributed by atoms with E-state index < -0.39 is 0 Å². The zero-order chi connectivity index (χ0) is 16.9. The van der Waals surface area contributed by atoms with Crippen molar-refractivity contribution in [1.82, 2.24) is 24.8 Å². The molecule has 1 aliphatic rings. The van der Waals surface area contributed by atoms with Crippen LogP contribution in [0, 0.1) is 0 Å². The van der Waals surface area contributed by atoms with Gasteiger partial charge in [0.25, 0.3) is 0 Å². The third-order valence-corrected chi connectivity index (χ3v) is 4.47. The number of aromatic amines is 1. The Morgan fingerprint density at radius 2 is 2.04 bits per heavy atom. The van der Waals surface area contributed by atoms with Crippen LogP contribution in [-0.2, 0) is 6.54 Å². The van der Waals surface area contributed by atoms with Crippen LogP contribution in [0.3, 0.4) is 0 Å². The van der Waals surface area contributed by atoms with E-state index in [1.165, 1.54) is 0 Å². The Morgan fingerprint density at radius 1 is 1.12 bits per heavy atom. The number of ether oxygens (including phenoxy) is 1. The SMILES string of the molecule is c1ccc(Oc2cncc([C@@H]3CCCN(Cc4cnc[nH]4)C3)n2)cc1. The van der Waals surface area contributed by atoms with Gasteiger partial charge in [-0.2, -0.15) is 0 Å². The number of nitrogens with one attached hydrogen (secondary N) is 1. The Balaban J connectivity index is 1.44. The van der Waals surface area contributed by atoms with Crippen LogP contribution < -0.4 is 4.74 Å². The number of imidazole rings is 1. The van der Waals surface area contributed by atoms with E-state index in [4.69, 9.17) is 9.72 Å². The first-order valence-electron chi connectivity index (χ1n) is 8.61. The van der Waals surface area contributed by atoms with E-state index in [2.05, 4.69) is 19.9 Å². The van der Waals surface area contributed by atoms with Gasteiger partial charge in [-0.05, 0) is 31.5 Å². The van der Waals surface area contributed by atoms with E-state index in [0.29, 0.717) is 11.8 Å². The maximum Gasteiger partial charge on any atom is 0.238 e. The molecule has 1 saturated heterocycles. The van der Waals surface area contributed by atoms with Gasteiger partial charge in [0.15, 0.2) is 0 Å². The summed E-state index contributed by atoms with van der Waals surface area (Å²) in [4.78, 5) is 18.7. The molecule has 1 atom stereocenters. The monoisotopic (exact) mass is 335 g/mol. The third-order valence-electron chi connectivity index (χ3n) is 4.47. The van der Waals surface area contributed by atoms with E-state index in [9.17, 15) is 0 Å². The minimum atomic E-state index is 0.378. The second-order valence-electron chi connectivity index (χ2n) is 6.35. The lowest BCUT2D eigenvalue weighted by atomic mass is 9.95. The summed E-state index contributed by atoms with van der Waals surface area (Å²) in [7, 11) is 0. The summed E-state index contributed by atoms with van der Waals surface area (Å²) in [5.74, 6) is 1.70. The average molecular weight is 335 g/mol. The first kappa shape index (κ1) is 15.8. The van der Waals surface area contributed by atoms with Crippen molar-refractivity contribution >= 4 is 0 Å². The second-order valence-corrected chi connectivity index (χ2v) is 6.35. The summed E-state index contributed by atoms with van der Waals surface area (Å²) in [6.07, 6.45) is 9.43. The summed E-state index contributed by atoms with van der Waals surface area (Å²) >= 11 is 0. The van der Waals surface area contributed by atoms with E-state index in [0.717, 1.165) is 49.6 Å². The Morgan fingerprint density at radius 3 is 2.88 bits per heavy atom. The van der Waals surface area contributed by atoms with Gasteiger partial charge in [-0.15, -0.1) is 0 Å². The first-order chi connectivity index (χ1) is 12.4. The fourth-order valence-electron chi connectivity index (χ4n) is 3.27. The molecule has 2 aromatic heterocycles. The Kier molecular flexibility index (Phi) is 4.70. The Hall–Kier alpha value is -2.73. The maximum atomic E-state index is 5.82. The lowest BCUT2D eigenvalue weighted by Crippen LogP contribution is -2.34. The van der Waals surface area contributed by atoms with Gasteiger partial charge in [0.1, 0.15) is 5.75 Å². The zero-order valence-electron chi connectivity index (χ0n) is 14.0. The van der Waals surface area contributed by atoms with Crippen LogP contribution in [-0.4, -0.2) is 37.9 Å². The number of benzene rings is 1. The van der Waals surface area contributed by atoms with Gasteiger partial charge in [0.05, 0.1) is 18.2 Å². The minimum absolute atomic E-state index is 0.378. The van der Waals surface area contributed by atoms with Gasteiger partial charge in [-0.1, -0.05) is 18.2 Å². The van der Waals surface area contributed by atoms with Crippen molar-refractivity contribution in [3.8, 4) is 11.6 Å². The number of para-hydroxylation sites is 1. The van der Waals surface area contributed by atoms with Crippen molar-refractivity contribution in [2.24, 2.45) is 0 Å². The molecule has 0 spiro atoms. The molecule has 6 nitrogen and oxygen atoms in total. The van der Waals surface area contributed by atoms with Crippen molar-refractivity contribution in [2.45, 2.75) is 25.3 Å². The highest BCUT2D eigenvalue weighted by Gasteiger charge is 2.23. The largest absolute Gasteiger partial charge is 0.437 e. The average Bonchev–Trinajstić information content (AvgIpc) is 3.16. The smallest absolute Gasteiger partial charge is 0.238 e. The van der Waals surface area contributed by atoms with E-state index in [-0.39, 0.29) is 0 Å². The molecule has 0 amide bonds. The van der Waals surface area contributed by atoms with Crippen LogP contribution >= 0.6 is 0 Å². The molecule has 0 saturated carbocycles. The van der Waals surface area contributed by atoms with Gasteiger partial charge in [0.2, 0.25) is 5.88 Å². The highest BCUT2D eigenvalue weighted by molar-refractivity contribution is 5.26. The summed E-state index contributed by atoms with van der Waals surface area (Å²) in [6, 6.07) is 9.69. The topological polar surface area (TPSA) is 66.9 Å². The summed E-state index contributed by atoms with van der Waals surface area (Å²) in [6.45, 7) is 2.97. The van der Waals surface area contributed by atoms with Gasteiger partial charge < -0.3 is 9.72 Å². The molecule has 6 heteroatoms. The lowest BCUT2D eigenvalue weighted by molar-refractivity contribution is 0.196. The molecule has 0 bridgehead atoms. The first-order valence-corrected chi connectivity index (χ1v) is 8.61. The predicted octanol–water partition coefficient (Wildman–Crippen LogP) is 3.37. The predicted molar refractivity (Wildman–Crippen MR) is 94.4 cm³/mol. The second kappa shape index (κ2) is 7.44. The number of hydrogen-bond acceptors (Lipinski definition) is 5. The summed E-state index contributed by atoms with van der Waals surface area (Å²) < 4.78 is 5.82. The molecule has 0 unspecified atom stereocenters. The fourth-order valence-corrected chi connectivity index (χ4v) is 3.27. The van der Waals surface area contributed by atoms with Gasteiger partial charge in [-0.3, -0.25) is 9.88 Å². The van der Waals surface area contributed by atoms with Crippen molar-refractivity contribution in [3.05, 3.63) is 66.6 Å². The molecule has 1 aliphatic heterocycles. The number of hydrogen-bond donors (Lipinski definition) is 1. The lowest BCUT2D eigenvalue weighted by Gasteiger charge is -2.31. The van der Waals surface area contributed by atoms with Crippen molar-refractivity contribution < 1.29 is 4.74 Å². The molecule has 1 fully saturated rings. The highest BCUT2D eigenvalue weighted by Crippen LogP contribution is 2.28. The van der Waals surface area contributed by atoms with Gasteiger partial charge in [-0.25, -0.2) is 9.97 Å². The summed E-state index contributed by atoms with van der Waals surface area (Å²) in [5.41, 5.74) is 2.15. The Bertz CT molecular complexity index is 791. The van der Waals surface area contributed by atoms with Crippen LogP contribution in [0.2, 0.25) is 0 Å². The van der Waals surface area contributed by atoms with Gasteiger partial charge >= 0.3 is 0 Å². The molecule has 3 aromatic rings. The quantitative estimate of drug-likeness (QED) is 0.774. The molecule has 3 heterocycles. The maximum absolute atomic E-state index is 5.82. The van der Waals surface area contributed by atoms with Crippen LogP contribution in [0.5, 0.6) is 11.6 Å². The number of aromatic nitrogens is 4. The standard InChI is InChI=1S/C19H21N5O/c1-2-6-17(7-3-1)25-19-11-20-10-18(23-19)15-5-4-8-24(12-15)13-16-9-21-14-22-16/h1-3,6-7,9-11,14-15H,4-5,8,12-13H2,(H,21,22)/t15-/m1/s1. The van der Waals surface area contributed by atoms with Crippen molar-refractivity contribution in [1.29, 1.82) is 0 Å². The number of piperidine rings is 1. The number of likely N-dealkylation sites (tertiary alicyclic amines) is 1. The normalized spacial score (nSPS) is 18.2. The van der Waals surface area contributed by atoms with Crippen LogP contribution in [0.25, 0.3) is 0 Å². The molecule has 0 aliphatic carbocycles. The fraction of sp³-hybridized carbons (Fsp3) is 0.316. The van der Waals surface area contributed by atoms with E-state index in [1.807, 2.05) is 42.7 Å². The van der Waals surface area contributed by atoms with Gasteiger partial charge in [0, 0.05) is 37.1 Å². The third kappa shape index (κ3) is 4.03. The number of H-pyrrole nitrogens is 1. The van der Waals surface area contributed by atoms with E-state index >= 15 is 0 Å². The Labute approximate surface area is 146 Å². The number of nitrogens with zero attached hydrogens (tertiary/aromatic N) is 4. The highest BCUT2D eigenvalue weighted by atomic mass is 16.5. The van der Waals surface area contributed by atoms with E-state index in [1.54, 1.807) is 12.5 Å². The minimum Gasteiger partial charge on any atom is -0.437 e. The zero-order valence-corrected chi connectivity index (χ0v) is 14.0. The van der Waals surface area contributed by atoms with Crippen molar-refractivity contribution in [3.63, 3.8) is 0 Å². The molecule has 128 valence electrons.